The molecule has 1 aromatic rings. The van der Waals surface area contributed by atoms with Gasteiger partial charge in [-0.3, -0.25) is 4.79 Å². The Hall–Kier alpha value is -1.90. The Morgan fingerprint density at radius 2 is 2.03 bits per heavy atom. The predicted molar refractivity (Wildman–Crippen MR) is 116 cm³/mol. The summed E-state index contributed by atoms with van der Waals surface area (Å²) in [5, 5.41) is 12.5. The van der Waals surface area contributed by atoms with Gasteiger partial charge in [-0.15, -0.1) is 0 Å². The number of nitrogens with zero attached hydrogens (tertiary/aromatic N) is 1. The van der Waals surface area contributed by atoms with Crippen molar-refractivity contribution in [3.05, 3.63) is 34.6 Å². The first-order valence-corrected chi connectivity index (χ1v) is 10.7. The van der Waals surface area contributed by atoms with E-state index in [-0.39, 0.29) is 48.7 Å². The van der Waals surface area contributed by atoms with Crippen LogP contribution < -0.4 is 5.32 Å². The summed E-state index contributed by atoms with van der Waals surface area (Å²) in [6.45, 7) is 9.89. The van der Waals surface area contributed by atoms with Crippen LogP contribution in [-0.4, -0.2) is 60.5 Å². The molecule has 7 nitrogen and oxygen atoms in total. The average molecular weight is 459 g/mol. The summed E-state index contributed by atoms with van der Waals surface area (Å²) in [5.74, 6) is -1.33. The van der Waals surface area contributed by atoms with E-state index in [9.17, 15) is 19.1 Å². The molecule has 31 heavy (non-hydrogen) atoms. The fraction of sp³-hybridized carbons (Fsp3) is 0.636. The summed E-state index contributed by atoms with van der Waals surface area (Å²) in [6.07, 6.45) is -2.23. The molecule has 0 aliphatic carbocycles. The maximum Gasteiger partial charge on any atom is 0.407 e. The van der Waals surface area contributed by atoms with Gasteiger partial charge in [0.05, 0.1) is 29.9 Å². The van der Waals surface area contributed by atoms with Crippen LogP contribution in [0.5, 0.6) is 0 Å². The smallest absolute Gasteiger partial charge is 0.407 e. The zero-order valence-corrected chi connectivity index (χ0v) is 19.4. The lowest BCUT2D eigenvalue weighted by molar-refractivity contribution is -0.127. The molecular formula is C22H32ClFN2O5. The summed E-state index contributed by atoms with van der Waals surface area (Å²) in [4.78, 5) is 25.3. The monoisotopic (exact) mass is 458 g/mol. The fourth-order valence-electron chi connectivity index (χ4n) is 3.37. The molecule has 1 aliphatic rings. The highest BCUT2D eigenvalue weighted by atomic mass is 35.5. The van der Waals surface area contributed by atoms with Crippen molar-refractivity contribution >= 4 is 23.6 Å². The van der Waals surface area contributed by atoms with Crippen molar-refractivity contribution in [2.24, 2.45) is 11.3 Å². The number of carbonyl (C=O) groups is 2. The number of rotatable bonds is 6. The molecule has 0 saturated carbocycles. The van der Waals surface area contributed by atoms with Gasteiger partial charge < -0.3 is 24.8 Å². The first-order valence-electron chi connectivity index (χ1n) is 10.3. The van der Waals surface area contributed by atoms with Gasteiger partial charge in [0.15, 0.2) is 0 Å². The molecular weight excluding hydrogens is 427 g/mol. The third kappa shape index (κ3) is 7.33. The van der Waals surface area contributed by atoms with E-state index in [1.807, 2.05) is 34.6 Å². The van der Waals surface area contributed by atoms with Crippen LogP contribution in [0, 0.1) is 17.2 Å². The van der Waals surface area contributed by atoms with Crippen molar-refractivity contribution in [3.8, 4) is 0 Å². The van der Waals surface area contributed by atoms with E-state index in [4.69, 9.17) is 21.1 Å². The Bertz CT molecular complexity index is 784. The van der Waals surface area contributed by atoms with Gasteiger partial charge in [-0.05, 0) is 37.0 Å². The lowest BCUT2D eigenvalue weighted by Crippen LogP contribution is -2.43. The number of amides is 2. The van der Waals surface area contributed by atoms with Crippen molar-refractivity contribution in [1.29, 1.82) is 0 Å². The second kappa shape index (κ2) is 10.6. The van der Waals surface area contributed by atoms with Gasteiger partial charge in [-0.2, -0.15) is 0 Å². The first-order chi connectivity index (χ1) is 14.4. The molecule has 1 aliphatic heterocycles. The zero-order valence-electron chi connectivity index (χ0n) is 18.7. The van der Waals surface area contributed by atoms with Crippen LogP contribution in [0.15, 0.2) is 18.2 Å². The molecule has 2 N–H and O–H groups in total. The molecule has 9 heteroatoms. The summed E-state index contributed by atoms with van der Waals surface area (Å²) < 4.78 is 25.9. The molecule has 2 amide bonds. The minimum Gasteiger partial charge on any atom is -0.465 e. The quantitative estimate of drug-likeness (QED) is 0.670. The summed E-state index contributed by atoms with van der Waals surface area (Å²) >= 11 is 5.84. The zero-order chi connectivity index (χ0) is 23.3. The van der Waals surface area contributed by atoms with Crippen LogP contribution in [0.1, 0.15) is 46.3 Å². The highest BCUT2D eigenvalue weighted by Gasteiger charge is 2.40. The maximum atomic E-state index is 14.2. The van der Waals surface area contributed by atoms with Gasteiger partial charge in [-0.1, -0.05) is 38.4 Å². The lowest BCUT2D eigenvalue weighted by Gasteiger charge is -2.34. The number of hydrogen-bond acceptors (Lipinski definition) is 4. The van der Waals surface area contributed by atoms with E-state index < -0.39 is 30.0 Å². The topological polar surface area (TPSA) is 88.1 Å². The average Bonchev–Trinajstić information content (AvgIpc) is 2.87. The van der Waals surface area contributed by atoms with E-state index in [1.165, 1.54) is 17.0 Å². The van der Waals surface area contributed by atoms with E-state index >= 15 is 0 Å². The van der Waals surface area contributed by atoms with Crippen LogP contribution in [0.2, 0.25) is 5.02 Å². The van der Waals surface area contributed by atoms with Crippen molar-refractivity contribution in [2.45, 2.75) is 52.9 Å². The van der Waals surface area contributed by atoms with E-state index in [0.29, 0.717) is 5.56 Å². The minimum atomic E-state index is -1.07. The lowest BCUT2D eigenvalue weighted by atomic mass is 9.88. The van der Waals surface area contributed by atoms with Crippen LogP contribution in [0.4, 0.5) is 9.18 Å². The summed E-state index contributed by atoms with van der Waals surface area (Å²) in [7, 11) is 0. The maximum absolute atomic E-state index is 14.2. The number of carboxylic acid groups (broad SMARTS) is 1. The van der Waals surface area contributed by atoms with Gasteiger partial charge in [0.1, 0.15) is 12.4 Å². The van der Waals surface area contributed by atoms with Crippen LogP contribution in [0.3, 0.4) is 0 Å². The molecule has 1 saturated heterocycles. The molecule has 1 fully saturated rings. The van der Waals surface area contributed by atoms with Crippen LogP contribution in [-0.2, 0) is 14.3 Å². The Morgan fingerprint density at radius 1 is 1.35 bits per heavy atom. The third-order valence-corrected chi connectivity index (χ3v) is 5.50. The third-order valence-electron chi connectivity index (χ3n) is 5.20. The van der Waals surface area contributed by atoms with Gasteiger partial charge in [-0.25, -0.2) is 9.18 Å². The largest absolute Gasteiger partial charge is 0.465 e. The molecule has 0 bridgehead atoms. The van der Waals surface area contributed by atoms with Crippen molar-refractivity contribution < 1.29 is 28.6 Å². The molecule has 1 unspecified atom stereocenters. The van der Waals surface area contributed by atoms with Crippen LogP contribution >= 0.6 is 11.6 Å². The number of benzene rings is 1. The van der Waals surface area contributed by atoms with E-state index in [0.717, 1.165) is 0 Å². The minimum absolute atomic E-state index is 0.00686. The summed E-state index contributed by atoms with van der Waals surface area (Å²) in [6, 6.07) is 4.43. The molecule has 1 aromatic carbocycles. The normalized spacial score (nSPS) is 22.3. The molecule has 0 aromatic heterocycles. The number of nitrogens with one attached hydrogen (secondary N) is 1. The number of halogens is 2. The number of ether oxygens (including phenoxy) is 2. The van der Waals surface area contributed by atoms with E-state index in [2.05, 4.69) is 5.32 Å². The Kier molecular flexibility index (Phi) is 8.68. The Morgan fingerprint density at radius 3 is 2.58 bits per heavy atom. The highest BCUT2D eigenvalue weighted by molar-refractivity contribution is 6.30. The van der Waals surface area contributed by atoms with Crippen molar-refractivity contribution in [3.63, 3.8) is 0 Å². The first kappa shape index (κ1) is 25.4. The Balaban J connectivity index is 2.33. The van der Waals surface area contributed by atoms with Gasteiger partial charge >= 0.3 is 6.09 Å². The second-order valence-electron chi connectivity index (χ2n) is 9.20. The Labute approximate surface area is 187 Å². The van der Waals surface area contributed by atoms with E-state index in [1.54, 1.807) is 6.07 Å². The predicted octanol–water partition coefficient (Wildman–Crippen LogP) is 4.10. The highest BCUT2D eigenvalue weighted by Crippen LogP contribution is 2.37. The van der Waals surface area contributed by atoms with Crippen molar-refractivity contribution in [1.82, 2.24) is 10.2 Å². The van der Waals surface area contributed by atoms with Crippen LogP contribution in [0.25, 0.3) is 0 Å². The summed E-state index contributed by atoms with van der Waals surface area (Å²) in [5.41, 5.74) is 0.182. The fourth-order valence-corrected chi connectivity index (χ4v) is 3.49. The molecule has 3 atom stereocenters. The number of carbonyl (C=O) groups excluding carboxylic acids is 1. The molecule has 0 radical (unpaired) electrons. The molecule has 2 rings (SSSR count). The second-order valence-corrected chi connectivity index (χ2v) is 9.60. The number of hydrogen-bond donors (Lipinski definition) is 2. The van der Waals surface area contributed by atoms with Gasteiger partial charge in [0, 0.05) is 19.0 Å². The molecule has 0 spiro atoms. The van der Waals surface area contributed by atoms with Crippen molar-refractivity contribution in [2.75, 3.05) is 26.2 Å². The molecule has 174 valence electrons. The van der Waals surface area contributed by atoms with Gasteiger partial charge in [0.25, 0.3) is 0 Å². The molecule has 1 heterocycles. The van der Waals surface area contributed by atoms with Gasteiger partial charge in [0.2, 0.25) is 5.91 Å². The standard InChI is InChI=1S/C22H32ClFN2O5/c1-13(2)30-12-19(27)25-9-15-10-26(21(28)29)11-18(22(3,4)5)31-20(15)14-6-7-16(23)17(24)8-14/h6-8,13,15,18,20H,9-12H2,1-5H3,(H,25,27)(H,28,29)/t15-,18?,20+/m1/s1. The SMILES string of the molecule is CC(C)OCC(=O)NC[C@@H]1CN(C(=O)O)CC(C(C)(C)C)O[C@H]1c1ccc(Cl)c(F)c1.